The van der Waals surface area contributed by atoms with E-state index in [1.165, 1.54) is 6.92 Å². The maximum atomic E-state index is 11.3. The van der Waals surface area contributed by atoms with Gasteiger partial charge in [0.05, 0.1) is 0 Å². The SMILES string of the molecule is CC(=O)C(C)=C(C)NC1C(=O)NOC1C. The van der Waals surface area contributed by atoms with Gasteiger partial charge in [-0.05, 0) is 27.7 Å². The van der Waals surface area contributed by atoms with Crippen LogP contribution in [0.1, 0.15) is 27.7 Å². The smallest absolute Gasteiger partial charge is 0.268 e. The predicted octanol–water partition coefficient (Wildman–Crippen LogP) is 0.277. The van der Waals surface area contributed by atoms with E-state index in [1.807, 2.05) is 0 Å². The second kappa shape index (κ2) is 4.44. The lowest BCUT2D eigenvalue weighted by molar-refractivity contribution is -0.125. The van der Waals surface area contributed by atoms with Gasteiger partial charge in [0.1, 0.15) is 12.1 Å². The normalized spacial score (nSPS) is 27.1. The van der Waals surface area contributed by atoms with Crippen molar-refractivity contribution in [3.8, 4) is 0 Å². The molecule has 1 saturated heterocycles. The van der Waals surface area contributed by atoms with E-state index in [-0.39, 0.29) is 17.8 Å². The van der Waals surface area contributed by atoms with Gasteiger partial charge in [0.2, 0.25) is 0 Å². The van der Waals surface area contributed by atoms with Crippen LogP contribution in [0.3, 0.4) is 0 Å². The minimum atomic E-state index is -0.431. The summed E-state index contributed by atoms with van der Waals surface area (Å²) in [4.78, 5) is 27.3. The van der Waals surface area contributed by atoms with Crippen LogP contribution < -0.4 is 10.8 Å². The Labute approximate surface area is 88.8 Å². The highest BCUT2D eigenvalue weighted by molar-refractivity contribution is 5.93. The number of rotatable bonds is 3. The Bertz CT molecular complexity index is 323. The summed E-state index contributed by atoms with van der Waals surface area (Å²) < 4.78 is 0. The van der Waals surface area contributed by atoms with E-state index in [0.717, 1.165) is 0 Å². The fourth-order valence-corrected chi connectivity index (χ4v) is 1.28. The van der Waals surface area contributed by atoms with Crippen LogP contribution in [-0.4, -0.2) is 23.8 Å². The van der Waals surface area contributed by atoms with Gasteiger partial charge in [0.15, 0.2) is 5.78 Å². The van der Waals surface area contributed by atoms with Gasteiger partial charge in [-0.15, -0.1) is 0 Å². The Hall–Kier alpha value is -1.36. The molecule has 0 aliphatic carbocycles. The highest BCUT2D eigenvalue weighted by atomic mass is 16.7. The summed E-state index contributed by atoms with van der Waals surface area (Å²) in [6.45, 7) is 6.78. The fraction of sp³-hybridized carbons (Fsp3) is 0.600. The van der Waals surface area contributed by atoms with Gasteiger partial charge >= 0.3 is 0 Å². The molecule has 1 rings (SSSR count). The summed E-state index contributed by atoms with van der Waals surface area (Å²) in [6, 6.07) is -0.431. The Morgan fingerprint density at radius 2 is 2.00 bits per heavy atom. The van der Waals surface area contributed by atoms with Crippen molar-refractivity contribution in [2.75, 3.05) is 0 Å². The summed E-state index contributed by atoms with van der Waals surface area (Å²) in [7, 11) is 0. The van der Waals surface area contributed by atoms with E-state index in [9.17, 15) is 9.59 Å². The maximum Gasteiger partial charge on any atom is 0.268 e. The average Bonchev–Trinajstić information content (AvgIpc) is 2.47. The van der Waals surface area contributed by atoms with Gasteiger partial charge in [-0.3, -0.25) is 14.4 Å². The van der Waals surface area contributed by atoms with Crippen molar-refractivity contribution in [3.63, 3.8) is 0 Å². The molecule has 0 aromatic heterocycles. The molecule has 5 heteroatoms. The van der Waals surface area contributed by atoms with Gasteiger partial charge in [0.25, 0.3) is 5.91 Å². The van der Waals surface area contributed by atoms with Gasteiger partial charge < -0.3 is 5.32 Å². The Morgan fingerprint density at radius 1 is 1.40 bits per heavy atom. The summed E-state index contributed by atoms with van der Waals surface area (Å²) in [5.74, 6) is -0.217. The van der Waals surface area contributed by atoms with E-state index in [2.05, 4.69) is 10.8 Å². The summed E-state index contributed by atoms with van der Waals surface area (Å²) in [5.41, 5.74) is 3.62. The van der Waals surface area contributed by atoms with E-state index in [0.29, 0.717) is 11.3 Å². The third kappa shape index (κ3) is 2.56. The lowest BCUT2D eigenvalue weighted by Crippen LogP contribution is -2.40. The maximum absolute atomic E-state index is 11.3. The third-order valence-electron chi connectivity index (χ3n) is 2.56. The quantitative estimate of drug-likeness (QED) is 0.659. The monoisotopic (exact) mass is 212 g/mol. The van der Waals surface area contributed by atoms with E-state index >= 15 is 0 Å². The summed E-state index contributed by atoms with van der Waals surface area (Å²) in [6.07, 6.45) is -0.243. The number of Topliss-reactive ketones (excluding diaryl/α,β-unsaturated/α-hetero) is 1. The molecule has 1 fully saturated rings. The number of carbonyl (C=O) groups is 2. The average molecular weight is 212 g/mol. The molecule has 2 atom stereocenters. The van der Waals surface area contributed by atoms with Crippen LogP contribution in [0.25, 0.3) is 0 Å². The Morgan fingerprint density at radius 3 is 2.40 bits per heavy atom. The zero-order valence-corrected chi connectivity index (χ0v) is 9.38. The zero-order chi connectivity index (χ0) is 11.6. The lowest BCUT2D eigenvalue weighted by atomic mass is 10.1. The fourth-order valence-electron chi connectivity index (χ4n) is 1.28. The molecular weight excluding hydrogens is 196 g/mol. The molecule has 1 heterocycles. The molecule has 1 aliphatic rings. The summed E-state index contributed by atoms with van der Waals surface area (Å²) >= 11 is 0. The molecule has 84 valence electrons. The number of nitrogens with one attached hydrogen (secondary N) is 2. The minimum Gasteiger partial charge on any atom is -0.375 e. The number of hydrogen-bond acceptors (Lipinski definition) is 4. The van der Waals surface area contributed by atoms with E-state index in [4.69, 9.17) is 4.84 Å². The number of carbonyl (C=O) groups excluding carboxylic acids is 2. The van der Waals surface area contributed by atoms with E-state index in [1.54, 1.807) is 20.8 Å². The van der Waals surface area contributed by atoms with Crippen LogP contribution in [0, 0.1) is 0 Å². The molecule has 0 spiro atoms. The Kier molecular flexibility index (Phi) is 3.47. The first-order valence-electron chi connectivity index (χ1n) is 4.84. The second-order valence-corrected chi connectivity index (χ2v) is 3.72. The number of allylic oxidation sites excluding steroid dienone is 2. The van der Waals surface area contributed by atoms with Crippen molar-refractivity contribution in [2.24, 2.45) is 0 Å². The first-order chi connectivity index (χ1) is 6.93. The largest absolute Gasteiger partial charge is 0.375 e. The summed E-state index contributed by atoms with van der Waals surface area (Å²) in [5, 5.41) is 2.98. The van der Waals surface area contributed by atoms with Gasteiger partial charge in [-0.2, -0.15) is 0 Å². The molecule has 1 amide bonds. The molecule has 1 aliphatic heterocycles. The van der Waals surface area contributed by atoms with Gasteiger partial charge in [-0.25, -0.2) is 5.48 Å². The third-order valence-corrected chi connectivity index (χ3v) is 2.56. The van der Waals surface area contributed by atoms with Crippen molar-refractivity contribution >= 4 is 11.7 Å². The van der Waals surface area contributed by atoms with Crippen LogP contribution in [0.15, 0.2) is 11.3 Å². The zero-order valence-electron chi connectivity index (χ0n) is 9.38. The molecule has 2 N–H and O–H groups in total. The molecule has 2 unspecified atom stereocenters. The van der Waals surface area contributed by atoms with Crippen LogP contribution in [-0.2, 0) is 14.4 Å². The molecule has 15 heavy (non-hydrogen) atoms. The van der Waals surface area contributed by atoms with Crippen molar-refractivity contribution < 1.29 is 14.4 Å². The highest BCUT2D eigenvalue weighted by Gasteiger charge is 2.33. The van der Waals surface area contributed by atoms with Crippen LogP contribution in [0.2, 0.25) is 0 Å². The molecular formula is C10H16N2O3. The van der Waals surface area contributed by atoms with Gasteiger partial charge in [0, 0.05) is 11.3 Å². The van der Waals surface area contributed by atoms with Crippen LogP contribution >= 0.6 is 0 Å². The lowest BCUT2D eigenvalue weighted by Gasteiger charge is -2.15. The first-order valence-corrected chi connectivity index (χ1v) is 4.84. The van der Waals surface area contributed by atoms with Crippen LogP contribution in [0.5, 0.6) is 0 Å². The molecule has 0 radical (unpaired) electrons. The molecule has 5 nitrogen and oxygen atoms in total. The number of hydroxylamine groups is 1. The highest BCUT2D eigenvalue weighted by Crippen LogP contribution is 2.09. The molecule has 0 aromatic rings. The number of hydrogen-bond donors (Lipinski definition) is 2. The van der Waals surface area contributed by atoms with Crippen molar-refractivity contribution in [2.45, 2.75) is 39.8 Å². The van der Waals surface area contributed by atoms with Crippen LogP contribution in [0.4, 0.5) is 0 Å². The van der Waals surface area contributed by atoms with Gasteiger partial charge in [-0.1, -0.05) is 0 Å². The topological polar surface area (TPSA) is 67.4 Å². The second-order valence-electron chi connectivity index (χ2n) is 3.72. The molecule has 0 bridgehead atoms. The van der Waals surface area contributed by atoms with E-state index < -0.39 is 6.04 Å². The molecule has 0 aromatic carbocycles. The van der Waals surface area contributed by atoms with Crippen molar-refractivity contribution in [3.05, 3.63) is 11.3 Å². The first kappa shape index (κ1) is 11.7. The standard InChI is InChI=1S/C10H16N2O3/c1-5(7(3)13)6(2)11-9-8(4)15-12-10(9)14/h8-9,11H,1-4H3,(H,12,14). The van der Waals surface area contributed by atoms with Crippen molar-refractivity contribution in [1.82, 2.24) is 10.8 Å². The number of ketones is 1. The van der Waals surface area contributed by atoms with Crippen molar-refractivity contribution in [1.29, 1.82) is 0 Å². The predicted molar refractivity (Wildman–Crippen MR) is 54.7 cm³/mol. The minimum absolute atomic E-state index is 0.00743. The Balaban J connectivity index is 2.73. The molecule has 0 saturated carbocycles. The number of amides is 1.